The lowest BCUT2D eigenvalue weighted by molar-refractivity contribution is 0.624. The highest BCUT2D eigenvalue weighted by atomic mass is 32.2. The molecular formula is C14H13FN4S. The number of hydrogen-bond donors (Lipinski definition) is 1. The van der Waals surface area contributed by atoms with Crippen LogP contribution in [0, 0.1) is 5.82 Å². The van der Waals surface area contributed by atoms with Gasteiger partial charge in [-0.05, 0) is 35.4 Å². The number of benzene rings is 1. The molecule has 20 heavy (non-hydrogen) atoms. The molecule has 4 nitrogen and oxygen atoms in total. The van der Waals surface area contributed by atoms with E-state index in [0.29, 0.717) is 12.3 Å². The maximum Gasteiger partial charge on any atom is 0.195 e. The van der Waals surface area contributed by atoms with Gasteiger partial charge >= 0.3 is 0 Å². The molecule has 3 aromatic rings. The number of thioether (sulfide) groups is 1. The highest BCUT2D eigenvalue weighted by Gasteiger charge is 2.06. The highest BCUT2D eigenvalue weighted by Crippen LogP contribution is 2.22. The molecule has 6 heteroatoms. The van der Waals surface area contributed by atoms with Gasteiger partial charge in [0.2, 0.25) is 0 Å². The fourth-order valence-corrected chi connectivity index (χ4v) is 2.84. The molecule has 0 atom stereocenters. The first-order valence-corrected chi connectivity index (χ1v) is 7.16. The normalized spacial score (nSPS) is 11.1. The largest absolute Gasteiger partial charge is 0.326 e. The van der Waals surface area contributed by atoms with E-state index in [1.54, 1.807) is 0 Å². The number of pyridine rings is 1. The molecule has 0 aliphatic heterocycles. The zero-order valence-electron chi connectivity index (χ0n) is 10.7. The van der Waals surface area contributed by atoms with Crippen molar-refractivity contribution in [2.75, 3.05) is 0 Å². The van der Waals surface area contributed by atoms with Gasteiger partial charge in [0.05, 0.1) is 0 Å². The second-order valence-electron chi connectivity index (χ2n) is 4.37. The van der Waals surface area contributed by atoms with Crippen molar-refractivity contribution in [1.82, 2.24) is 14.6 Å². The minimum atomic E-state index is -0.255. The van der Waals surface area contributed by atoms with Crippen LogP contribution in [0.25, 0.3) is 5.65 Å². The van der Waals surface area contributed by atoms with Crippen LogP contribution in [0.15, 0.2) is 47.8 Å². The molecule has 0 fully saturated rings. The summed E-state index contributed by atoms with van der Waals surface area (Å²) in [4.78, 5) is 0. The van der Waals surface area contributed by atoms with Crippen LogP contribution in [0.4, 0.5) is 4.39 Å². The predicted molar refractivity (Wildman–Crippen MR) is 76.8 cm³/mol. The van der Waals surface area contributed by atoms with Gasteiger partial charge in [-0.2, -0.15) is 0 Å². The second-order valence-corrected chi connectivity index (χ2v) is 5.31. The van der Waals surface area contributed by atoms with E-state index in [-0.39, 0.29) is 5.82 Å². The Balaban J connectivity index is 1.81. The topological polar surface area (TPSA) is 56.2 Å². The summed E-state index contributed by atoms with van der Waals surface area (Å²) in [5.41, 5.74) is 8.05. The zero-order valence-corrected chi connectivity index (χ0v) is 11.5. The Morgan fingerprint density at radius 3 is 2.85 bits per heavy atom. The Bertz CT molecular complexity index is 741. The number of nitrogens with zero attached hydrogens (tertiary/aromatic N) is 3. The van der Waals surface area contributed by atoms with Gasteiger partial charge < -0.3 is 5.73 Å². The summed E-state index contributed by atoms with van der Waals surface area (Å²) in [7, 11) is 0. The molecule has 2 aromatic heterocycles. The van der Waals surface area contributed by atoms with E-state index >= 15 is 0 Å². The first kappa shape index (κ1) is 13.1. The average molecular weight is 288 g/mol. The van der Waals surface area contributed by atoms with Gasteiger partial charge in [-0.25, -0.2) is 4.39 Å². The third kappa shape index (κ3) is 2.66. The van der Waals surface area contributed by atoms with Crippen LogP contribution in [-0.2, 0) is 12.3 Å². The van der Waals surface area contributed by atoms with Crippen LogP contribution >= 0.6 is 11.8 Å². The van der Waals surface area contributed by atoms with Crippen LogP contribution < -0.4 is 5.73 Å². The van der Waals surface area contributed by atoms with Crippen molar-refractivity contribution in [2.45, 2.75) is 17.5 Å². The third-order valence-electron chi connectivity index (χ3n) is 2.90. The summed E-state index contributed by atoms with van der Waals surface area (Å²) in [5, 5.41) is 9.00. The van der Waals surface area contributed by atoms with E-state index in [2.05, 4.69) is 10.2 Å². The van der Waals surface area contributed by atoms with E-state index in [9.17, 15) is 4.39 Å². The summed E-state index contributed by atoms with van der Waals surface area (Å²) < 4.78 is 15.3. The molecule has 0 unspecified atom stereocenters. The minimum Gasteiger partial charge on any atom is -0.326 e. The van der Waals surface area contributed by atoms with Crippen molar-refractivity contribution in [3.63, 3.8) is 0 Å². The Morgan fingerprint density at radius 2 is 2.00 bits per heavy atom. The molecule has 0 saturated heterocycles. The molecule has 0 aliphatic rings. The van der Waals surface area contributed by atoms with E-state index in [1.807, 2.05) is 34.9 Å². The van der Waals surface area contributed by atoms with E-state index < -0.39 is 0 Å². The standard InChI is InChI=1S/C14H13FN4S/c15-12-6-10(8-16)5-11(7-12)9-20-14-18-17-13-3-1-2-4-19(13)14/h1-7H,8-9,16H2. The van der Waals surface area contributed by atoms with E-state index in [0.717, 1.165) is 21.9 Å². The Kier molecular flexibility index (Phi) is 3.66. The van der Waals surface area contributed by atoms with Crippen LogP contribution in [0.5, 0.6) is 0 Å². The number of aromatic nitrogens is 3. The van der Waals surface area contributed by atoms with Crippen molar-refractivity contribution in [3.8, 4) is 0 Å². The molecule has 0 bridgehead atoms. The maximum absolute atomic E-state index is 13.4. The SMILES string of the molecule is NCc1cc(F)cc(CSc2nnc3ccccn23)c1. The summed E-state index contributed by atoms with van der Waals surface area (Å²) in [6.45, 7) is 0.337. The van der Waals surface area contributed by atoms with Gasteiger partial charge in [0.1, 0.15) is 5.82 Å². The maximum atomic E-state index is 13.4. The first-order chi connectivity index (χ1) is 9.76. The Morgan fingerprint density at radius 1 is 1.15 bits per heavy atom. The predicted octanol–water partition coefficient (Wildman–Crippen LogP) is 2.62. The van der Waals surface area contributed by atoms with Crippen molar-refractivity contribution in [1.29, 1.82) is 0 Å². The molecule has 2 N–H and O–H groups in total. The molecule has 0 amide bonds. The third-order valence-corrected chi connectivity index (χ3v) is 3.92. The van der Waals surface area contributed by atoms with Gasteiger partial charge in [0.15, 0.2) is 10.8 Å². The number of nitrogens with two attached hydrogens (primary N) is 1. The zero-order chi connectivity index (χ0) is 13.9. The summed E-state index contributed by atoms with van der Waals surface area (Å²) in [6.07, 6.45) is 1.91. The Labute approximate surface area is 119 Å². The number of halogens is 1. The molecule has 3 rings (SSSR count). The summed E-state index contributed by atoms with van der Waals surface area (Å²) in [5.74, 6) is 0.370. The second kappa shape index (κ2) is 5.60. The highest BCUT2D eigenvalue weighted by molar-refractivity contribution is 7.98. The molecule has 1 aromatic carbocycles. The number of hydrogen-bond acceptors (Lipinski definition) is 4. The van der Waals surface area contributed by atoms with Gasteiger partial charge in [-0.3, -0.25) is 4.40 Å². The van der Waals surface area contributed by atoms with E-state index in [1.165, 1.54) is 23.9 Å². The molecule has 102 valence electrons. The van der Waals surface area contributed by atoms with Crippen LogP contribution in [0.2, 0.25) is 0 Å². The van der Waals surface area contributed by atoms with Gasteiger partial charge in [0.25, 0.3) is 0 Å². The van der Waals surface area contributed by atoms with E-state index in [4.69, 9.17) is 5.73 Å². The number of rotatable bonds is 4. The quantitative estimate of drug-likeness (QED) is 0.750. The minimum absolute atomic E-state index is 0.255. The van der Waals surface area contributed by atoms with Crippen molar-refractivity contribution >= 4 is 17.4 Å². The summed E-state index contributed by atoms with van der Waals surface area (Å²) in [6, 6.07) is 10.6. The lowest BCUT2D eigenvalue weighted by Gasteiger charge is -2.04. The molecule has 0 saturated carbocycles. The fraction of sp³-hybridized carbons (Fsp3) is 0.143. The Hall–Kier alpha value is -1.92. The number of fused-ring (bicyclic) bond motifs is 1. The smallest absolute Gasteiger partial charge is 0.195 e. The lowest BCUT2D eigenvalue weighted by atomic mass is 10.1. The monoisotopic (exact) mass is 288 g/mol. The van der Waals surface area contributed by atoms with Crippen molar-refractivity contribution in [3.05, 3.63) is 59.5 Å². The molecule has 0 aliphatic carbocycles. The van der Waals surface area contributed by atoms with Crippen molar-refractivity contribution in [2.24, 2.45) is 5.73 Å². The molecular weight excluding hydrogens is 275 g/mol. The van der Waals surface area contributed by atoms with Crippen LogP contribution in [0.3, 0.4) is 0 Å². The van der Waals surface area contributed by atoms with Gasteiger partial charge in [0, 0.05) is 18.5 Å². The molecule has 0 spiro atoms. The lowest BCUT2D eigenvalue weighted by Crippen LogP contribution is -1.98. The molecule has 2 heterocycles. The van der Waals surface area contributed by atoms with Crippen LogP contribution in [0.1, 0.15) is 11.1 Å². The van der Waals surface area contributed by atoms with Crippen LogP contribution in [-0.4, -0.2) is 14.6 Å². The average Bonchev–Trinajstić information content (AvgIpc) is 2.88. The van der Waals surface area contributed by atoms with Crippen molar-refractivity contribution < 1.29 is 4.39 Å². The van der Waals surface area contributed by atoms with Gasteiger partial charge in [-0.1, -0.05) is 23.9 Å². The fourth-order valence-electron chi connectivity index (χ4n) is 1.98. The summed E-state index contributed by atoms with van der Waals surface area (Å²) >= 11 is 1.52. The van der Waals surface area contributed by atoms with Gasteiger partial charge in [-0.15, -0.1) is 10.2 Å². The first-order valence-electron chi connectivity index (χ1n) is 6.17. The molecule has 0 radical (unpaired) electrons.